The van der Waals surface area contributed by atoms with Crippen molar-refractivity contribution in [2.75, 3.05) is 21.1 Å². The monoisotopic (exact) mass is 482 g/mol. The zero-order valence-corrected chi connectivity index (χ0v) is 15.9. The molecule has 0 fully saturated rings. The first-order chi connectivity index (χ1) is 15.1. The zero-order chi connectivity index (χ0) is 25.1. The van der Waals surface area contributed by atoms with Crippen molar-refractivity contribution < 1.29 is 46.3 Å². The maximum atomic E-state index is 12.4. The van der Waals surface area contributed by atoms with Crippen molar-refractivity contribution in [1.29, 1.82) is 0 Å². The van der Waals surface area contributed by atoms with E-state index in [1.165, 1.54) is 10.6 Å². The van der Waals surface area contributed by atoms with Crippen LogP contribution in [0, 0.1) is 10.4 Å². The fraction of sp³-hybridized carbons (Fsp3) is 0.176. The molecule has 2 rings (SSSR count). The molecule has 33 heavy (non-hydrogen) atoms. The summed E-state index contributed by atoms with van der Waals surface area (Å²) in [5.74, 6) is -4.81. The maximum Gasteiger partial charge on any atom is 0.471 e. The molecule has 0 heterocycles. The quantitative estimate of drug-likeness (QED) is 0.360. The highest BCUT2D eigenvalue weighted by molar-refractivity contribution is 5.98. The van der Waals surface area contributed by atoms with Gasteiger partial charge in [0.2, 0.25) is 0 Å². The van der Waals surface area contributed by atoms with E-state index in [0.717, 1.165) is 36.4 Å². The maximum absolute atomic E-state index is 12.4. The number of anilines is 4. The summed E-state index contributed by atoms with van der Waals surface area (Å²) in [6.45, 7) is 0. The van der Waals surface area contributed by atoms with Gasteiger partial charge < -0.3 is 31.5 Å². The van der Waals surface area contributed by atoms with E-state index in [4.69, 9.17) is 10.4 Å². The van der Waals surface area contributed by atoms with Crippen LogP contribution in [0.4, 0.5) is 49.1 Å². The van der Waals surface area contributed by atoms with Gasteiger partial charge in [-0.25, -0.2) is 0 Å². The fourth-order valence-electron chi connectivity index (χ4n) is 2.52. The van der Waals surface area contributed by atoms with Gasteiger partial charge >= 0.3 is 24.2 Å². The topological polar surface area (TPSA) is 151 Å². The van der Waals surface area contributed by atoms with Crippen molar-refractivity contribution in [3.05, 3.63) is 57.9 Å². The summed E-state index contributed by atoms with van der Waals surface area (Å²) in [4.78, 5) is 22.1. The number of benzene rings is 2. The summed E-state index contributed by atoms with van der Waals surface area (Å²) in [7, 11) is 0. The molecule has 2 aromatic carbocycles. The number of nitrogens with one attached hydrogen (secondary N) is 2. The molecule has 0 aliphatic heterocycles. The summed E-state index contributed by atoms with van der Waals surface area (Å²) in [5.41, 5.74) is -2.62. The van der Waals surface area contributed by atoms with Gasteiger partial charge in [0, 0.05) is 0 Å². The Kier molecular flexibility index (Phi) is 7.38. The summed E-state index contributed by atoms with van der Waals surface area (Å²) in [5, 5.41) is 42.1. The second kappa shape index (κ2) is 9.49. The van der Waals surface area contributed by atoms with E-state index in [2.05, 4.69) is 0 Å². The van der Waals surface area contributed by atoms with Crippen LogP contribution in [-0.4, -0.2) is 34.6 Å². The molecule has 10 nitrogen and oxygen atoms in total. The van der Waals surface area contributed by atoms with Crippen molar-refractivity contribution in [1.82, 2.24) is 0 Å². The standard InChI is InChI=1S/C17H12F6N4O6/c18-16(19,20)14(28)24-10-3-1-8(6-12(10)26(30)31)5-9-2-4-11(13(7-9)27(32)33)25-15(29)17(21,22)23/h1-4,6-7,30,32H,5H2,(H,24,28)(H,25,29)/q-2. The van der Waals surface area contributed by atoms with E-state index in [1.807, 2.05) is 0 Å². The van der Waals surface area contributed by atoms with E-state index in [0.29, 0.717) is 0 Å². The predicted molar refractivity (Wildman–Crippen MR) is 100 cm³/mol. The number of alkyl halides is 6. The van der Waals surface area contributed by atoms with Gasteiger partial charge in [-0.2, -0.15) is 26.3 Å². The average Bonchev–Trinajstić information content (AvgIpc) is 2.68. The van der Waals surface area contributed by atoms with Crippen LogP contribution in [0.1, 0.15) is 11.1 Å². The largest absolute Gasteiger partial charge is 0.733 e. The normalized spacial score (nSPS) is 11.7. The van der Waals surface area contributed by atoms with Crippen molar-refractivity contribution in [3.63, 3.8) is 0 Å². The number of carbonyl (C=O) groups is 2. The van der Waals surface area contributed by atoms with Gasteiger partial charge in [-0.3, -0.25) is 20.0 Å². The van der Waals surface area contributed by atoms with Crippen LogP contribution < -0.4 is 21.1 Å². The third-order valence-corrected chi connectivity index (χ3v) is 3.96. The number of hydrogen-bond acceptors (Lipinski definition) is 8. The molecule has 0 atom stereocenters. The first kappa shape index (κ1) is 25.7. The Hall–Kier alpha value is -3.60. The SMILES string of the molecule is O=C(Nc1ccc(Cc2ccc(NC(=O)C(F)(F)F)c(N([O-])O)c2)cc1N([O-])O)C(F)(F)F. The molecule has 0 spiro atoms. The number of nitrogens with zero attached hydrogens (tertiary/aromatic N) is 2. The van der Waals surface area contributed by atoms with Gasteiger partial charge in [0.05, 0.1) is 22.7 Å². The van der Waals surface area contributed by atoms with Crippen molar-refractivity contribution in [3.8, 4) is 0 Å². The molecule has 0 aliphatic carbocycles. The molecule has 0 aliphatic rings. The Bertz CT molecular complexity index is 960. The van der Waals surface area contributed by atoms with Gasteiger partial charge in [-0.15, -0.1) is 0 Å². The first-order valence-electron chi connectivity index (χ1n) is 8.44. The predicted octanol–water partition coefficient (Wildman–Crippen LogP) is 3.67. The second-order valence-electron chi connectivity index (χ2n) is 6.33. The molecule has 0 saturated carbocycles. The molecule has 0 bridgehead atoms. The number of rotatable bonds is 6. The lowest BCUT2D eigenvalue weighted by Crippen LogP contribution is -2.30. The Balaban J connectivity index is 2.32. The van der Waals surface area contributed by atoms with E-state index < -0.39 is 57.4 Å². The fourth-order valence-corrected chi connectivity index (χ4v) is 2.52. The van der Waals surface area contributed by atoms with Crippen LogP contribution in [0.2, 0.25) is 0 Å². The van der Waals surface area contributed by atoms with Crippen LogP contribution in [0.5, 0.6) is 0 Å². The van der Waals surface area contributed by atoms with Crippen LogP contribution in [0.3, 0.4) is 0 Å². The van der Waals surface area contributed by atoms with Crippen molar-refractivity contribution >= 4 is 34.6 Å². The molecule has 0 unspecified atom stereocenters. The lowest BCUT2D eigenvalue weighted by atomic mass is 10.0. The van der Waals surface area contributed by atoms with Crippen molar-refractivity contribution in [2.45, 2.75) is 18.8 Å². The number of carbonyl (C=O) groups excluding carboxylic acids is 2. The molecule has 0 saturated heterocycles. The summed E-state index contributed by atoms with van der Waals surface area (Å²) >= 11 is 0. The van der Waals surface area contributed by atoms with Gasteiger partial charge in [0.15, 0.2) is 0 Å². The van der Waals surface area contributed by atoms with Gasteiger partial charge in [-0.05, 0) is 41.8 Å². The van der Waals surface area contributed by atoms with Gasteiger partial charge in [-0.1, -0.05) is 12.1 Å². The lowest BCUT2D eigenvalue weighted by Gasteiger charge is -2.26. The van der Waals surface area contributed by atoms with Crippen molar-refractivity contribution in [2.24, 2.45) is 0 Å². The molecule has 16 heteroatoms. The highest BCUT2D eigenvalue weighted by atomic mass is 19.4. The number of halogens is 6. The number of hydrogen-bond donors (Lipinski definition) is 4. The first-order valence-corrected chi connectivity index (χ1v) is 8.44. The Morgan fingerprint density at radius 2 is 1.09 bits per heavy atom. The molecule has 0 aromatic heterocycles. The van der Waals surface area contributed by atoms with Crippen LogP contribution in [-0.2, 0) is 16.0 Å². The summed E-state index contributed by atoms with van der Waals surface area (Å²) in [6, 6.07) is 5.83. The van der Waals surface area contributed by atoms with Gasteiger partial charge in [0.25, 0.3) is 0 Å². The van der Waals surface area contributed by atoms with E-state index in [9.17, 15) is 46.3 Å². The Morgan fingerprint density at radius 1 is 0.758 bits per heavy atom. The molecular weight excluding hydrogens is 470 g/mol. The molecule has 4 N–H and O–H groups in total. The molecule has 180 valence electrons. The summed E-state index contributed by atoms with van der Waals surface area (Å²) in [6.07, 6.45) is -10.7. The lowest BCUT2D eigenvalue weighted by molar-refractivity contribution is -0.167. The van der Waals surface area contributed by atoms with Gasteiger partial charge in [0.1, 0.15) is 0 Å². The molecule has 0 radical (unpaired) electrons. The van der Waals surface area contributed by atoms with Crippen LogP contribution in [0.25, 0.3) is 0 Å². The van der Waals surface area contributed by atoms with Crippen LogP contribution in [0.15, 0.2) is 36.4 Å². The third kappa shape index (κ3) is 6.69. The van der Waals surface area contributed by atoms with E-state index in [1.54, 1.807) is 0 Å². The van der Waals surface area contributed by atoms with E-state index >= 15 is 0 Å². The minimum absolute atomic E-state index is 0.137. The minimum atomic E-state index is -5.27. The highest BCUT2D eigenvalue weighted by Crippen LogP contribution is 2.32. The van der Waals surface area contributed by atoms with E-state index in [-0.39, 0.29) is 17.5 Å². The average molecular weight is 482 g/mol. The second-order valence-corrected chi connectivity index (χ2v) is 6.33. The summed E-state index contributed by atoms with van der Waals surface area (Å²) < 4.78 is 74.5. The smallest absolute Gasteiger partial charge is 0.471 e. The Labute approximate surface area is 179 Å². The Morgan fingerprint density at radius 3 is 1.36 bits per heavy atom. The highest BCUT2D eigenvalue weighted by Gasteiger charge is 2.39. The number of amides is 2. The molecule has 2 aromatic rings. The zero-order valence-electron chi connectivity index (χ0n) is 15.9. The molecule has 2 amide bonds. The third-order valence-electron chi connectivity index (χ3n) is 3.96. The molecular formula is C17H12F6N4O6-2. The van der Waals surface area contributed by atoms with Crippen LogP contribution >= 0.6 is 0 Å². The minimum Gasteiger partial charge on any atom is -0.733 e.